The zero-order valence-corrected chi connectivity index (χ0v) is 8.39. The van der Waals surface area contributed by atoms with E-state index >= 15 is 0 Å². The van der Waals surface area contributed by atoms with Crippen LogP contribution in [0.25, 0.3) is 0 Å². The maximum atomic E-state index is 11.8. The SMILES string of the molecule is O=C1CN(C(=O)C2=COCCO2)CC(=O)N1. The van der Waals surface area contributed by atoms with E-state index in [4.69, 9.17) is 9.47 Å². The molecule has 16 heavy (non-hydrogen) atoms. The van der Waals surface area contributed by atoms with Crippen molar-refractivity contribution in [1.29, 1.82) is 0 Å². The number of carbonyl (C=O) groups is 3. The van der Waals surface area contributed by atoms with Crippen LogP contribution in [0.15, 0.2) is 12.0 Å². The monoisotopic (exact) mass is 226 g/mol. The predicted octanol–water partition coefficient (Wildman–Crippen LogP) is -1.64. The van der Waals surface area contributed by atoms with Gasteiger partial charge in [0.15, 0.2) is 0 Å². The van der Waals surface area contributed by atoms with Gasteiger partial charge in [-0.2, -0.15) is 0 Å². The molecule has 2 aliphatic rings. The Kier molecular flexibility index (Phi) is 2.76. The number of carbonyl (C=O) groups excluding carboxylic acids is 3. The number of amides is 3. The average Bonchev–Trinajstić information content (AvgIpc) is 2.28. The van der Waals surface area contributed by atoms with Crippen LogP contribution in [-0.4, -0.2) is 48.9 Å². The molecule has 1 N–H and O–H groups in total. The lowest BCUT2D eigenvalue weighted by Crippen LogP contribution is -2.53. The van der Waals surface area contributed by atoms with E-state index in [0.717, 1.165) is 4.90 Å². The topological polar surface area (TPSA) is 84.9 Å². The lowest BCUT2D eigenvalue weighted by molar-refractivity contribution is -0.145. The quantitative estimate of drug-likeness (QED) is 0.542. The molecule has 2 heterocycles. The molecular formula is C9H10N2O5. The Hall–Kier alpha value is -2.05. The standard InChI is InChI=1S/C9H10N2O5/c12-7-3-11(4-8(13)10-7)9(14)6-5-15-1-2-16-6/h5H,1-4H2,(H,10,12,13). The van der Waals surface area contributed by atoms with Crippen molar-refractivity contribution in [2.45, 2.75) is 0 Å². The first kappa shape index (κ1) is 10.5. The largest absolute Gasteiger partial charge is 0.494 e. The van der Waals surface area contributed by atoms with E-state index < -0.39 is 17.7 Å². The van der Waals surface area contributed by atoms with Crippen LogP contribution in [0, 0.1) is 0 Å². The number of nitrogens with one attached hydrogen (secondary N) is 1. The molecule has 3 amide bonds. The molecule has 0 radical (unpaired) electrons. The molecule has 1 fully saturated rings. The first-order valence-electron chi connectivity index (χ1n) is 4.73. The van der Waals surface area contributed by atoms with E-state index in [1.54, 1.807) is 0 Å². The third kappa shape index (κ3) is 2.13. The lowest BCUT2D eigenvalue weighted by Gasteiger charge is -2.26. The second-order valence-electron chi connectivity index (χ2n) is 3.33. The minimum Gasteiger partial charge on any atom is -0.494 e. The van der Waals surface area contributed by atoms with Crippen molar-refractivity contribution in [3.05, 3.63) is 12.0 Å². The first-order valence-corrected chi connectivity index (χ1v) is 4.73. The van der Waals surface area contributed by atoms with Gasteiger partial charge < -0.3 is 14.4 Å². The Bertz CT molecular complexity index is 360. The fourth-order valence-corrected chi connectivity index (χ4v) is 1.42. The Morgan fingerprint density at radius 1 is 1.25 bits per heavy atom. The molecule has 0 aromatic carbocycles. The van der Waals surface area contributed by atoms with Gasteiger partial charge in [0, 0.05) is 0 Å². The molecule has 7 nitrogen and oxygen atoms in total. The van der Waals surface area contributed by atoms with Crippen LogP contribution in [0.5, 0.6) is 0 Å². The summed E-state index contributed by atoms with van der Waals surface area (Å²) in [6, 6.07) is 0. The van der Waals surface area contributed by atoms with Crippen molar-refractivity contribution in [3.63, 3.8) is 0 Å². The summed E-state index contributed by atoms with van der Waals surface area (Å²) in [5.41, 5.74) is 0. The van der Waals surface area contributed by atoms with Gasteiger partial charge >= 0.3 is 0 Å². The van der Waals surface area contributed by atoms with Gasteiger partial charge in [0.25, 0.3) is 5.91 Å². The first-order chi connectivity index (χ1) is 7.66. The molecule has 2 rings (SSSR count). The predicted molar refractivity (Wildman–Crippen MR) is 49.7 cm³/mol. The summed E-state index contributed by atoms with van der Waals surface area (Å²) in [5, 5.41) is 2.10. The molecule has 0 atom stereocenters. The summed E-state index contributed by atoms with van der Waals surface area (Å²) in [5.74, 6) is -1.49. The van der Waals surface area contributed by atoms with Crippen molar-refractivity contribution in [3.8, 4) is 0 Å². The molecule has 86 valence electrons. The number of ether oxygens (including phenoxy) is 2. The summed E-state index contributed by atoms with van der Waals surface area (Å²) in [6.07, 6.45) is 1.20. The second kappa shape index (κ2) is 4.21. The van der Waals surface area contributed by atoms with Crippen LogP contribution >= 0.6 is 0 Å². The minimum absolute atomic E-state index is 0.0220. The molecule has 0 saturated carbocycles. The molecule has 0 aliphatic carbocycles. The van der Waals surface area contributed by atoms with Crippen molar-refractivity contribution >= 4 is 17.7 Å². The van der Waals surface area contributed by atoms with E-state index in [9.17, 15) is 14.4 Å². The fourth-order valence-electron chi connectivity index (χ4n) is 1.42. The number of hydrogen-bond donors (Lipinski definition) is 1. The van der Waals surface area contributed by atoms with Crippen LogP contribution in [0.1, 0.15) is 0 Å². The highest BCUT2D eigenvalue weighted by Gasteiger charge is 2.29. The van der Waals surface area contributed by atoms with E-state index in [2.05, 4.69) is 5.32 Å². The molecule has 0 unspecified atom stereocenters. The zero-order valence-electron chi connectivity index (χ0n) is 8.39. The van der Waals surface area contributed by atoms with Gasteiger partial charge in [-0.15, -0.1) is 0 Å². The molecule has 7 heteroatoms. The Morgan fingerprint density at radius 2 is 1.94 bits per heavy atom. The highest BCUT2D eigenvalue weighted by atomic mass is 16.6. The molecule has 0 spiro atoms. The number of rotatable bonds is 1. The third-order valence-corrected chi connectivity index (χ3v) is 2.09. The molecule has 0 aromatic heterocycles. The van der Waals surface area contributed by atoms with Gasteiger partial charge in [0.1, 0.15) is 32.6 Å². The van der Waals surface area contributed by atoms with Crippen molar-refractivity contribution in [1.82, 2.24) is 10.2 Å². The van der Waals surface area contributed by atoms with Gasteiger partial charge in [-0.1, -0.05) is 0 Å². The molecule has 1 saturated heterocycles. The summed E-state index contributed by atoms with van der Waals surface area (Å²) in [7, 11) is 0. The molecule has 2 aliphatic heterocycles. The highest BCUT2D eigenvalue weighted by molar-refractivity contribution is 6.04. The van der Waals surface area contributed by atoms with Gasteiger partial charge in [0.05, 0.1) is 0 Å². The average molecular weight is 226 g/mol. The van der Waals surface area contributed by atoms with Crippen LogP contribution in [0.2, 0.25) is 0 Å². The maximum Gasteiger partial charge on any atom is 0.293 e. The van der Waals surface area contributed by atoms with E-state index in [0.29, 0.717) is 6.61 Å². The van der Waals surface area contributed by atoms with Crippen LogP contribution in [0.3, 0.4) is 0 Å². The Labute approximate surface area is 91.0 Å². The van der Waals surface area contributed by atoms with Crippen LogP contribution in [0.4, 0.5) is 0 Å². The summed E-state index contributed by atoms with van der Waals surface area (Å²) in [6.45, 7) is 0.373. The zero-order chi connectivity index (χ0) is 11.5. The summed E-state index contributed by atoms with van der Waals surface area (Å²) < 4.78 is 9.99. The summed E-state index contributed by atoms with van der Waals surface area (Å²) >= 11 is 0. The number of imide groups is 1. The fraction of sp³-hybridized carbons (Fsp3) is 0.444. The van der Waals surface area contributed by atoms with E-state index in [1.165, 1.54) is 6.26 Å². The van der Waals surface area contributed by atoms with Gasteiger partial charge in [-0.3, -0.25) is 19.7 Å². The molecule has 0 aromatic rings. The molecule has 0 bridgehead atoms. The normalized spacial score (nSPS) is 20.5. The van der Waals surface area contributed by atoms with E-state index in [-0.39, 0.29) is 25.5 Å². The second-order valence-corrected chi connectivity index (χ2v) is 3.33. The third-order valence-electron chi connectivity index (χ3n) is 2.09. The Morgan fingerprint density at radius 3 is 2.50 bits per heavy atom. The van der Waals surface area contributed by atoms with Crippen LogP contribution < -0.4 is 5.32 Å². The Balaban J connectivity index is 2.06. The van der Waals surface area contributed by atoms with E-state index in [1.807, 2.05) is 0 Å². The summed E-state index contributed by atoms with van der Waals surface area (Å²) in [4.78, 5) is 35.0. The van der Waals surface area contributed by atoms with Crippen molar-refractivity contribution in [2.75, 3.05) is 26.3 Å². The van der Waals surface area contributed by atoms with Gasteiger partial charge in [-0.25, -0.2) is 0 Å². The van der Waals surface area contributed by atoms with Gasteiger partial charge in [0.2, 0.25) is 17.6 Å². The highest BCUT2D eigenvalue weighted by Crippen LogP contribution is 2.09. The van der Waals surface area contributed by atoms with Crippen LogP contribution in [-0.2, 0) is 23.9 Å². The maximum absolute atomic E-state index is 11.8. The molecular weight excluding hydrogens is 216 g/mol. The number of nitrogens with zero attached hydrogens (tertiary/aromatic N) is 1. The van der Waals surface area contributed by atoms with Crippen molar-refractivity contribution < 1.29 is 23.9 Å². The number of hydrogen-bond acceptors (Lipinski definition) is 5. The van der Waals surface area contributed by atoms with Gasteiger partial charge in [-0.05, 0) is 0 Å². The number of piperazine rings is 1. The minimum atomic E-state index is -0.511. The lowest BCUT2D eigenvalue weighted by atomic mass is 10.3. The smallest absolute Gasteiger partial charge is 0.293 e. The van der Waals surface area contributed by atoms with Crippen molar-refractivity contribution in [2.24, 2.45) is 0 Å².